The average molecular weight is 323 g/mol. The van der Waals surface area contributed by atoms with Crippen LogP contribution in [0, 0.1) is 5.41 Å². The molecule has 4 nitrogen and oxygen atoms in total. The number of esters is 1. The molecule has 2 aromatic rings. The van der Waals surface area contributed by atoms with Gasteiger partial charge in [0.15, 0.2) is 5.75 Å². The van der Waals surface area contributed by atoms with Crippen molar-refractivity contribution in [1.82, 2.24) is 0 Å². The Balaban J connectivity index is 2.07. The highest BCUT2D eigenvalue weighted by molar-refractivity contribution is 5.93. The molecule has 0 saturated carbocycles. The first-order chi connectivity index (χ1) is 11.3. The van der Waals surface area contributed by atoms with Crippen molar-refractivity contribution in [3.8, 4) is 16.9 Å². The normalized spacial score (nSPS) is 12.3. The zero-order chi connectivity index (χ0) is 17.5. The summed E-state index contributed by atoms with van der Waals surface area (Å²) in [5.74, 6) is -0.139. The second kappa shape index (κ2) is 5.78. The molecule has 0 atom stereocenters. The number of rotatable bonds is 2. The van der Waals surface area contributed by atoms with Crippen molar-refractivity contribution in [3.05, 3.63) is 47.5 Å². The molecular formula is C20H21NO3. The van der Waals surface area contributed by atoms with Crippen molar-refractivity contribution < 1.29 is 14.3 Å². The first kappa shape index (κ1) is 16.2. The van der Waals surface area contributed by atoms with Gasteiger partial charge in [0.1, 0.15) is 0 Å². The van der Waals surface area contributed by atoms with Crippen LogP contribution in [-0.2, 0) is 16.0 Å². The lowest BCUT2D eigenvalue weighted by molar-refractivity contribution is -0.143. The van der Waals surface area contributed by atoms with Crippen LogP contribution in [0.2, 0.25) is 0 Å². The van der Waals surface area contributed by atoms with Crippen molar-refractivity contribution in [1.29, 1.82) is 0 Å². The standard InChI is InChI=1S/C20H21NO3/c1-12(22)21-17-10-14-9-13-7-5-6-8-15(13)16(14)11-18(17)24-19(23)20(2,3)4/h5-8,10-11H,9H2,1-4H3,(H,21,22). The largest absolute Gasteiger partial charge is 0.424 e. The lowest BCUT2D eigenvalue weighted by atomic mass is 9.97. The maximum Gasteiger partial charge on any atom is 0.316 e. The van der Waals surface area contributed by atoms with Gasteiger partial charge in [-0.1, -0.05) is 24.3 Å². The summed E-state index contributed by atoms with van der Waals surface area (Å²) in [6.45, 7) is 6.85. The van der Waals surface area contributed by atoms with Gasteiger partial charge < -0.3 is 10.1 Å². The summed E-state index contributed by atoms with van der Waals surface area (Å²) in [5.41, 5.74) is 4.47. The van der Waals surface area contributed by atoms with E-state index in [-0.39, 0.29) is 11.9 Å². The van der Waals surface area contributed by atoms with E-state index in [4.69, 9.17) is 4.74 Å². The molecule has 4 heteroatoms. The van der Waals surface area contributed by atoms with E-state index in [0.29, 0.717) is 11.4 Å². The summed E-state index contributed by atoms with van der Waals surface area (Å²) in [6.07, 6.45) is 0.811. The van der Waals surface area contributed by atoms with Gasteiger partial charge in [-0.25, -0.2) is 0 Å². The Bertz CT molecular complexity index is 831. The number of anilines is 1. The van der Waals surface area contributed by atoms with E-state index in [1.807, 2.05) is 24.3 Å². The molecule has 0 spiro atoms. The molecule has 2 aromatic carbocycles. The molecule has 0 aliphatic heterocycles. The number of fused-ring (bicyclic) bond motifs is 3. The SMILES string of the molecule is CC(=O)Nc1cc2c(cc1OC(=O)C(C)(C)C)-c1ccccc1C2. The molecule has 0 unspecified atom stereocenters. The number of amides is 1. The second-order valence-electron chi connectivity index (χ2n) is 7.16. The number of hydrogen-bond acceptors (Lipinski definition) is 3. The maximum atomic E-state index is 12.3. The van der Waals surface area contributed by atoms with Gasteiger partial charge in [0.25, 0.3) is 0 Å². The Morgan fingerprint density at radius 3 is 2.42 bits per heavy atom. The number of hydrogen-bond donors (Lipinski definition) is 1. The summed E-state index contributed by atoms with van der Waals surface area (Å²) in [4.78, 5) is 23.8. The first-order valence-corrected chi connectivity index (χ1v) is 8.01. The Kier molecular flexibility index (Phi) is 3.91. The fourth-order valence-electron chi connectivity index (χ4n) is 2.79. The summed E-state index contributed by atoms with van der Waals surface area (Å²) in [7, 11) is 0. The molecule has 1 aliphatic carbocycles. The van der Waals surface area contributed by atoms with Crippen LogP contribution in [0.15, 0.2) is 36.4 Å². The van der Waals surface area contributed by atoms with Crippen LogP contribution in [0.3, 0.4) is 0 Å². The predicted octanol–water partition coefficient (Wildman–Crippen LogP) is 4.17. The van der Waals surface area contributed by atoms with Gasteiger partial charge >= 0.3 is 5.97 Å². The third-order valence-electron chi connectivity index (χ3n) is 4.02. The highest BCUT2D eigenvalue weighted by atomic mass is 16.5. The molecule has 0 radical (unpaired) electrons. The number of carbonyl (C=O) groups is 2. The molecule has 0 saturated heterocycles. The molecule has 24 heavy (non-hydrogen) atoms. The number of benzene rings is 2. The van der Waals surface area contributed by atoms with Crippen molar-refractivity contribution in [2.75, 3.05) is 5.32 Å². The minimum Gasteiger partial charge on any atom is -0.424 e. The molecule has 1 aliphatic rings. The molecule has 3 rings (SSSR count). The summed E-state index contributed by atoms with van der Waals surface area (Å²) >= 11 is 0. The van der Waals surface area contributed by atoms with Crippen molar-refractivity contribution >= 4 is 17.6 Å². The van der Waals surface area contributed by atoms with E-state index in [0.717, 1.165) is 23.1 Å². The van der Waals surface area contributed by atoms with E-state index in [9.17, 15) is 9.59 Å². The minimum absolute atomic E-state index is 0.196. The van der Waals surface area contributed by atoms with E-state index >= 15 is 0 Å². The Morgan fingerprint density at radius 2 is 1.75 bits per heavy atom. The molecular weight excluding hydrogens is 302 g/mol. The quantitative estimate of drug-likeness (QED) is 0.569. The molecule has 0 bridgehead atoms. The highest BCUT2D eigenvalue weighted by Gasteiger charge is 2.27. The van der Waals surface area contributed by atoms with Crippen LogP contribution >= 0.6 is 0 Å². The van der Waals surface area contributed by atoms with Crippen molar-refractivity contribution in [3.63, 3.8) is 0 Å². The van der Waals surface area contributed by atoms with E-state index in [2.05, 4.69) is 17.4 Å². The van der Waals surface area contributed by atoms with E-state index in [1.165, 1.54) is 12.5 Å². The zero-order valence-corrected chi connectivity index (χ0v) is 14.4. The van der Waals surface area contributed by atoms with Crippen LogP contribution < -0.4 is 10.1 Å². The second-order valence-corrected chi connectivity index (χ2v) is 7.16. The summed E-state index contributed by atoms with van der Waals surface area (Å²) in [6, 6.07) is 11.9. The van der Waals surface area contributed by atoms with Gasteiger partial charge in [-0.3, -0.25) is 9.59 Å². The smallest absolute Gasteiger partial charge is 0.316 e. The molecule has 0 heterocycles. The minimum atomic E-state index is -0.621. The van der Waals surface area contributed by atoms with Crippen LogP contribution in [0.5, 0.6) is 5.75 Å². The predicted molar refractivity (Wildman–Crippen MR) is 94.1 cm³/mol. The van der Waals surface area contributed by atoms with Crippen molar-refractivity contribution in [2.45, 2.75) is 34.1 Å². The van der Waals surface area contributed by atoms with Gasteiger partial charge in [-0.05, 0) is 61.6 Å². The fourth-order valence-corrected chi connectivity index (χ4v) is 2.79. The summed E-state index contributed by atoms with van der Waals surface area (Å²) in [5, 5.41) is 2.77. The highest BCUT2D eigenvalue weighted by Crippen LogP contribution is 2.42. The third kappa shape index (κ3) is 3.04. The van der Waals surface area contributed by atoms with E-state index < -0.39 is 5.41 Å². The Morgan fingerprint density at radius 1 is 1.04 bits per heavy atom. The van der Waals surface area contributed by atoms with Gasteiger partial charge in [-0.15, -0.1) is 0 Å². The van der Waals surface area contributed by atoms with Gasteiger partial charge in [0.05, 0.1) is 11.1 Å². The Labute approximate surface area is 141 Å². The summed E-state index contributed by atoms with van der Waals surface area (Å²) < 4.78 is 5.60. The van der Waals surface area contributed by atoms with Crippen molar-refractivity contribution in [2.24, 2.45) is 5.41 Å². The first-order valence-electron chi connectivity index (χ1n) is 8.01. The molecule has 124 valence electrons. The fraction of sp³-hybridized carbons (Fsp3) is 0.300. The number of ether oxygens (including phenoxy) is 1. The molecule has 0 fully saturated rings. The van der Waals surface area contributed by atoms with Gasteiger partial charge in [0.2, 0.25) is 5.91 Å². The van der Waals surface area contributed by atoms with Gasteiger partial charge in [-0.2, -0.15) is 0 Å². The van der Waals surface area contributed by atoms with Crippen LogP contribution in [-0.4, -0.2) is 11.9 Å². The topological polar surface area (TPSA) is 55.4 Å². The molecule has 1 N–H and O–H groups in total. The number of nitrogens with one attached hydrogen (secondary N) is 1. The monoisotopic (exact) mass is 323 g/mol. The third-order valence-corrected chi connectivity index (χ3v) is 4.02. The molecule has 1 amide bonds. The molecule has 0 aromatic heterocycles. The van der Waals surface area contributed by atoms with E-state index in [1.54, 1.807) is 20.8 Å². The Hall–Kier alpha value is -2.62. The lowest BCUT2D eigenvalue weighted by Gasteiger charge is -2.19. The van der Waals surface area contributed by atoms with Gasteiger partial charge in [0, 0.05) is 6.92 Å². The van der Waals surface area contributed by atoms with Crippen LogP contribution in [0.1, 0.15) is 38.8 Å². The average Bonchev–Trinajstić information content (AvgIpc) is 2.83. The maximum absolute atomic E-state index is 12.3. The zero-order valence-electron chi connectivity index (χ0n) is 14.4. The lowest BCUT2D eigenvalue weighted by Crippen LogP contribution is -2.26. The number of carbonyl (C=O) groups excluding carboxylic acids is 2. The van der Waals surface area contributed by atoms with Crippen LogP contribution in [0.4, 0.5) is 5.69 Å². The van der Waals surface area contributed by atoms with Crippen LogP contribution in [0.25, 0.3) is 11.1 Å².